The fraction of sp³-hybridized carbons (Fsp3) is 0.656. The second-order valence-electron chi connectivity index (χ2n) is 26.1. The lowest BCUT2D eigenvalue weighted by Crippen LogP contribution is -2.62. The molecule has 1 aliphatic heterocycles. The Morgan fingerprint density at radius 3 is 0.631 bits per heavy atom. The molecule has 2 aromatic carbocycles. The molecule has 2 aromatic rings. The van der Waals surface area contributed by atoms with Crippen molar-refractivity contribution in [2.75, 3.05) is 0 Å². The summed E-state index contributed by atoms with van der Waals surface area (Å²) in [5.74, 6) is -8.73. The lowest BCUT2D eigenvalue weighted by Gasteiger charge is -2.31. The molecule has 468 valence electrons. The molecule has 1 saturated heterocycles. The molecule has 20 nitrogen and oxygen atoms in total. The van der Waals surface area contributed by atoms with E-state index in [-0.39, 0.29) is 86.9 Å². The Balaban J connectivity index is 2.29. The lowest BCUT2D eigenvalue weighted by atomic mass is 9.96. The van der Waals surface area contributed by atoms with Crippen molar-refractivity contribution in [3.8, 4) is 0 Å². The highest BCUT2D eigenvalue weighted by molar-refractivity contribution is 5.99. The molecule has 0 spiro atoms. The van der Waals surface area contributed by atoms with Gasteiger partial charge in [-0.15, -0.1) is 0 Å². The van der Waals surface area contributed by atoms with Crippen LogP contribution in [0.2, 0.25) is 0 Å². The van der Waals surface area contributed by atoms with Gasteiger partial charge in [0.1, 0.15) is 60.4 Å². The molecule has 20 heteroatoms. The van der Waals surface area contributed by atoms with E-state index in [9.17, 15) is 47.9 Å². The standard InChI is InChI=1S/C64H102N10O10/c1-35(2)27-45-55(75)67-49(31-39(9)10)61(81)73-53(41(13)14)63(83)72-48(30-38(7)8)58(78)70-52(34-44-25-21-18-22-26-44)60(80)66-46(28-36(3)4)56(76)68-50(32-40(11)12)62(82)74-54(42(15)16)64(84)71-47(29-37(5)6)57(77)69-51(59(79)65-45)33-43-23-19-17-20-24-43/h17-26,35-42,45-54H,27-34H2,1-16H3,(H,65,79)(H,66,80)(H,67,75)(H,68,76)(H,69,77)(H,70,78)(H,71,84)(H,72,83)(H,73,81)(H,74,82)/t45-,46-,47-,48-,49-,50-,51-,52-,53+,54+/m0/s1. The topological polar surface area (TPSA) is 291 Å². The van der Waals surface area contributed by atoms with Gasteiger partial charge < -0.3 is 53.2 Å². The zero-order chi connectivity index (χ0) is 63.1. The van der Waals surface area contributed by atoms with Crippen LogP contribution in [0.3, 0.4) is 0 Å². The van der Waals surface area contributed by atoms with Crippen LogP contribution in [0.1, 0.15) is 160 Å². The monoisotopic (exact) mass is 1170 g/mol. The maximum atomic E-state index is 14.7. The van der Waals surface area contributed by atoms with Gasteiger partial charge in [-0.3, -0.25) is 47.9 Å². The number of hydrogen-bond acceptors (Lipinski definition) is 10. The van der Waals surface area contributed by atoms with E-state index in [1.807, 2.05) is 95.2 Å². The van der Waals surface area contributed by atoms with E-state index in [0.717, 1.165) is 0 Å². The number of rotatable bonds is 18. The molecule has 10 atom stereocenters. The third-order valence-electron chi connectivity index (χ3n) is 14.4. The van der Waals surface area contributed by atoms with Crippen molar-refractivity contribution in [3.63, 3.8) is 0 Å². The van der Waals surface area contributed by atoms with Gasteiger partial charge in [0.2, 0.25) is 59.1 Å². The maximum Gasteiger partial charge on any atom is 0.243 e. The van der Waals surface area contributed by atoms with Gasteiger partial charge >= 0.3 is 0 Å². The summed E-state index contributed by atoms with van der Waals surface area (Å²) in [4.78, 5) is 146. The van der Waals surface area contributed by atoms with Gasteiger partial charge in [-0.25, -0.2) is 0 Å². The van der Waals surface area contributed by atoms with E-state index >= 15 is 0 Å². The summed E-state index contributed by atoms with van der Waals surface area (Å²) in [6.45, 7) is 29.4. The van der Waals surface area contributed by atoms with Crippen LogP contribution in [0.25, 0.3) is 0 Å². The zero-order valence-corrected chi connectivity index (χ0v) is 52.9. The molecule has 1 aliphatic rings. The summed E-state index contributed by atoms with van der Waals surface area (Å²) in [7, 11) is 0. The van der Waals surface area contributed by atoms with Crippen LogP contribution in [-0.4, -0.2) is 119 Å². The molecule has 10 N–H and O–H groups in total. The number of hydrogen-bond donors (Lipinski definition) is 10. The number of benzene rings is 2. The summed E-state index contributed by atoms with van der Waals surface area (Å²) in [6.07, 6.45) is 0.827. The zero-order valence-electron chi connectivity index (χ0n) is 52.9. The Morgan fingerprint density at radius 1 is 0.250 bits per heavy atom. The molecule has 1 fully saturated rings. The van der Waals surface area contributed by atoms with Crippen molar-refractivity contribution in [1.29, 1.82) is 0 Å². The van der Waals surface area contributed by atoms with Crippen LogP contribution in [0.5, 0.6) is 0 Å². The molecule has 10 amide bonds. The van der Waals surface area contributed by atoms with Gasteiger partial charge in [-0.2, -0.15) is 0 Å². The van der Waals surface area contributed by atoms with Crippen LogP contribution in [0.4, 0.5) is 0 Å². The van der Waals surface area contributed by atoms with Gasteiger partial charge in [-0.1, -0.05) is 171 Å². The molecule has 1 heterocycles. The molecule has 0 aromatic heterocycles. The minimum Gasteiger partial charge on any atom is -0.343 e. The molecule has 84 heavy (non-hydrogen) atoms. The van der Waals surface area contributed by atoms with Crippen LogP contribution >= 0.6 is 0 Å². The third kappa shape index (κ3) is 24.8. The largest absolute Gasteiger partial charge is 0.343 e. The average Bonchev–Trinajstić information content (AvgIpc) is 3.36. The first-order valence-corrected chi connectivity index (χ1v) is 30.5. The second kappa shape index (κ2) is 34.8. The molecule has 0 aliphatic carbocycles. The van der Waals surface area contributed by atoms with Crippen molar-refractivity contribution in [3.05, 3.63) is 71.8 Å². The molecule has 0 bridgehead atoms. The predicted molar refractivity (Wildman–Crippen MR) is 326 cm³/mol. The highest BCUT2D eigenvalue weighted by atomic mass is 16.2. The third-order valence-corrected chi connectivity index (χ3v) is 14.4. The summed E-state index contributed by atoms with van der Waals surface area (Å²) in [5, 5.41) is 28.6. The minimum atomic E-state index is -1.27. The maximum absolute atomic E-state index is 14.7. The summed E-state index contributed by atoms with van der Waals surface area (Å²) in [5.41, 5.74) is 1.38. The Labute approximate surface area is 500 Å². The fourth-order valence-electron chi connectivity index (χ4n) is 10.1. The van der Waals surface area contributed by atoms with Gasteiger partial charge in [0.15, 0.2) is 0 Å². The first kappa shape index (κ1) is 71.4. The lowest BCUT2D eigenvalue weighted by molar-refractivity contribution is -0.137. The van der Waals surface area contributed by atoms with E-state index in [4.69, 9.17) is 0 Å². The predicted octanol–water partition coefficient (Wildman–Crippen LogP) is 4.92. The quantitative estimate of drug-likeness (QED) is 0.0961. The minimum absolute atomic E-state index is 0.00287. The van der Waals surface area contributed by atoms with Crippen LogP contribution in [0.15, 0.2) is 60.7 Å². The highest BCUT2D eigenvalue weighted by Crippen LogP contribution is 2.17. The van der Waals surface area contributed by atoms with Crippen molar-refractivity contribution >= 4 is 59.1 Å². The van der Waals surface area contributed by atoms with Gasteiger partial charge in [0, 0.05) is 12.8 Å². The van der Waals surface area contributed by atoms with E-state index in [1.165, 1.54) is 0 Å². The fourth-order valence-corrected chi connectivity index (χ4v) is 10.1. The highest BCUT2D eigenvalue weighted by Gasteiger charge is 2.39. The average molecular weight is 1170 g/mol. The first-order valence-electron chi connectivity index (χ1n) is 30.5. The summed E-state index contributed by atoms with van der Waals surface area (Å²) < 4.78 is 0. The van der Waals surface area contributed by atoms with Crippen LogP contribution < -0.4 is 53.2 Å². The summed E-state index contributed by atoms with van der Waals surface area (Å²) in [6, 6.07) is 5.81. The van der Waals surface area contributed by atoms with E-state index in [2.05, 4.69) is 53.2 Å². The SMILES string of the molecule is CC(C)C[C@@H]1NC(=O)[C@H](Cc2ccccc2)NC(=O)[C@H](CC(C)C)NC(=O)[C@@H](C(C)C)NC(=O)[C@H](CC(C)C)NC(=O)[C@H](CC(C)C)NC(=O)[C@H](Cc2ccccc2)NC(=O)[C@H](CC(C)C)NC(=O)[C@@H](C(C)C)NC(=O)[C@H](CC(C)C)NC1=O. The van der Waals surface area contributed by atoms with Crippen molar-refractivity contribution in [2.45, 2.75) is 223 Å². The smallest absolute Gasteiger partial charge is 0.243 e. The molecule has 3 rings (SSSR count). The number of amides is 10. The molecule has 0 radical (unpaired) electrons. The van der Waals surface area contributed by atoms with Crippen molar-refractivity contribution in [2.24, 2.45) is 47.3 Å². The normalized spacial score (nSPS) is 25.0. The summed E-state index contributed by atoms with van der Waals surface area (Å²) >= 11 is 0. The Morgan fingerprint density at radius 2 is 0.429 bits per heavy atom. The Bertz CT molecular complexity index is 2310. The Hall–Kier alpha value is -6.86. The molecular formula is C64H102N10O10. The number of nitrogens with one attached hydrogen (secondary N) is 10. The number of carbonyl (C=O) groups excluding carboxylic acids is 10. The number of carbonyl (C=O) groups is 10. The van der Waals surface area contributed by atoms with Gasteiger partial charge in [0.25, 0.3) is 0 Å². The first-order chi connectivity index (χ1) is 39.3. The van der Waals surface area contributed by atoms with Gasteiger partial charge in [0.05, 0.1) is 0 Å². The van der Waals surface area contributed by atoms with Crippen molar-refractivity contribution < 1.29 is 47.9 Å². The van der Waals surface area contributed by atoms with Crippen LogP contribution in [0, 0.1) is 47.3 Å². The van der Waals surface area contributed by atoms with Crippen LogP contribution in [-0.2, 0) is 60.8 Å². The molecule has 0 saturated carbocycles. The Kier molecular flexibility index (Phi) is 29.6. The van der Waals surface area contributed by atoms with Gasteiger partial charge in [-0.05, 0) is 97.0 Å². The van der Waals surface area contributed by atoms with E-state index in [1.54, 1.807) is 76.2 Å². The second-order valence-corrected chi connectivity index (χ2v) is 26.1. The molecular weight excluding hydrogens is 1070 g/mol. The molecule has 0 unspecified atom stereocenters. The van der Waals surface area contributed by atoms with E-state index < -0.39 is 131 Å². The van der Waals surface area contributed by atoms with E-state index in [0.29, 0.717) is 11.1 Å². The van der Waals surface area contributed by atoms with Crippen molar-refractivity contribution in [1.82, 2.24) is 53.2 Å².